The van der Waals surface area contributed by atoms with E-state index in [-0.39, 0.29) is 16.8 Å². The number of rotatable bonds is 7. The topological polar surface area (TPSA) is 35.5 Å². The van der Waals surface area contributed by atoms with E-state index in [0.717, 1.165) is 11.1 Å². The maximum atomic E-state index is 13.2. The zero-order valence-corrected chi connectivity index (χ0v) is 16.6. The van der Waals surface area contributed by atoms with Crippen LogP contribution >= 0.6 is 0 Å². The lowest BCUT2D eigenvalue weighted by molar-refractivity contribution is -0.140. The Morgan fingerprint density at radius 2 is 1.79 bits per heavy atom. The maximum Gasteiger partial charge on any atom is 0.305 e. The van der Waals surface area contributed by atoms with Gasteiger partial charge in [0, 0.05) is 6.42 Å². The Balaban J connectivity index is 2.91. The molecule has 5 heteroatoms. The van der Waals surface area contributed by atoms with Crippen molar-refractivity contribution in [2.75, 3.05) is 13.7 Å². The fourth-order valence-electron chi connectivity index (χ4n) is 1.87. The SMILES string of the molecule is COC(=O)CC/C=C(/CO[Si](C)(C)C(C)(C)C)c1ccc(F)cc1. The number of allylic oxidation sites excluding steroid dienone is 1. The second kappa shape index (κ2) is 8.58. The van der Waals surface area contributed by atoms with Crippen molar-refractivity contribution in [2.45, 2.75) is 51.7 Å². The first-order valence-corrected chi connectivity index (χ1v) is 11.1. The smallest absolute Gasteiger partial charge is 0.305 e. The van der Waals surface area contributed by atoms with Gasteiger partial charge in [-0.15, -0.1) is 0 Å². The van der Waals surface area contributed by atoms with E-state index in [1.807, 2.05) is 6.08 Å². The molecule has 0 N–H and O–H groups in total. The van der Waals surface area contributed by atoms with Crippen molar-refractivity contribution in [2.24, 2.45) is 0 Å². The van der Waals surface area contributed by atoms with Crippen LogP contribution in [0.15, 0.2) is 30.3 Å². The Kier molecular flexibility index (Phi) is 7.36. The van der Waals surface area contributed by atoms with E-state index in [4.69, 9.17) is 4.43 Å². The lowest BCUT2D eigenvalue weighted by Crippen LogP contribution is -2.41. The molecule has 3 nitrogen and oxygen atoms in total. The summed E-state index contributed by atoms with van der Waals surface area (Å²) in [5.41, 5.74) is 1.89. The van der Waals surface area contributed by atoms with Gasteiger partial charge in [-0.1, -0.05) is 39.0 Å². The summed E-state index contributed by atoms with van der Waals surface area (Å²) in [5.74, 6) is -0.506. The van der Waals surface area contributed by atoms with Crippen LogP contribution in [0.2, 0.25) is 18.1 Å². The van der Waals surface area contributed by atoms with Crippen LogP contribution in [0, 0.1) is 5.82 Å². The molecule has 0 aliphatic carbocycles. The summed E-state index contributed by atoms with van der Waals surface area (Å²) in [4.78, 5) is 11.3. The number of benzene rings is 1. The largest absolute Gasteiger partial charge is 0.469 e. The molecule has 0 heterocycles. The second-order valence-electron chi connectivity index (χ2n) is 7.40. The average Bonchev–Trinajstić information content (AvgIpc) is 2.50. The van der Waals surface area contributed by atoms with Crippen LogP contribution in [0.25, 0.3) is 5.57 Å². The monoisotopic (exact) mass is 352 g/mol. The van der Waals surface area contributed by atoms with Gasteiger partial charge in [-0.25, -0.2) is 4.39 Å². The summed E-state index contributed by atoms with van der Waals surface area (Å²) in [6, 6.07) is 6.37. The van der Waals surface area contributed by atoms with Crippen LogP contribution in [0.3, 0.4) is 0 Å². The zero-order valence-electron chi connectivity index (χ0n) is 15.6. The van der Waals surface area contributed by atoms with Gasteiger partial charge in [0.15, 0.2) is 8.32 Å². The molecule has 1 aromatic carbocycles. The van der Waals surface area contributed by atoms with E-state index in [2.05, 4.69) is 38.6 Å². The minimum Gasteiger partial charge on any atom is -0.469 e. The second-order valence-corrected chi connectivity index (χ2v) is 12.2. The standard InChI is InChI=1S/C19H29FO3Si/c1-19(2,3)24(5,6)23-14-16(8-7-9-18(21)22-4)15-10-12-17(20)13-11-15/h8,10-13H,7,9,14H2,1-6H3/b16-8-. The summed E-state index contributed by atoms with van der Waals surface area (Å²) >= 11 is 0. The molecule has 0 bridgehead atoms. The van der Waals surface area contributed by atoms with Gasteiger partial charge in [-0.2, -0.15) is 0 Å². The van der Waals surface area contributed by atoms with Crippen LogP contribution in [0.1, 0.15) is 39.2 Å². The number of methoxy groups -OCH3 is 1. The highest BCUT2D eigenvalue weighted by Gasteiger charge is 2.37. The third kappa shape index (κ3) is 6.21. The molecule has 0 radical (unpaired) electrons. The van der Waals surface area contributed by atoms with Crippen molar-refractivity contribution >= 4 is 19.9 Å². The van der Waals surface area contributed by atoms with Gasteiger partial charge < -0.3 is 9.16 Å². The number of carbonyl (C=O) groups excluding carboxylic acids is 1. The first kappa shape index (κ1) is 20.6. The molecule has 0 aliphatic rings. The molecular formula is C19H29FO3Si. The highest BCUT2D eigenvalue weighted by molar-refractivity contribution is 6.74. The molecule has 1 rings (SSSR count). The first-order chi connectivity index (χ1) is 11.1. The van der Waals surface area contributed by atoms with E-state index >= 15 is 0 Å². The van der Waals surface area contributed by atoms with Gasteiger partial charge in [-0.05, 0) is 47.8 Å². The number of hydrogen-bond donors (Lipinski definition) is 0. The molecular weight excluding hydrogens is 323 g/mol. The van der Waals surface area contributed by atoms with Crippen molar-refractivity contribution in [3.05, 3.63) is 41.7 Å². The van der Waals surface area contributed by atoms with Crippen LogP contribution in [0.4, 0.5) is 4.39 Å². The molecule has 0 saturated heterocycles. The molecule has 0 fully saturated rings. The van der Waals surface area contributed by atoms with Crippen molar-refractivity contribution in [1.29, 1.82) is 0 Å². The van der Waals surface area contributed by atoms with Gasteiger partial charge in [0.1, 0.15) is 5.82 Å². The predicted octanol–water partition coefficient (Wildman–Crippen LogP) is 5.18. The third-order valence-electron chi connectivity index (χ3n) is 4.58. The van der Waals surface area contributed by atoms with Crippen LogP contribution in [-0.2, 0) is 14.0 Å². The molecule has 134 valence electrons. The molecule has 0 amide bonds. The normalized spacial score (nSPS) is 13.0. The summed E-state index contributed by atoms with van der Waals surface area (Å²) < 4.78 is 24.1. The van der Waals surface area contributed by atoms with E-state index in [1.54, 1.807) is 12.1 Å². The van der Waals surface area contributed by atoms with Crippen LogP contribution in [-0.4, -0.2) is 28.0 Å². The van der Waals surface area contributed by atoms with Crippen molar-refractivity contribution in [3.63, 3.8) is 0 Å². The van der Waals surface area contributed by atoms with E-state index < -0.39 is 8.32 Å². The molecule has 1 aromatic rings. The van der Waals surface area contributed by atoms with Gasteiger partial charge >= 0.3 is 5.97 Å². The zero-order chi connectivity index (χ0) is 18.4. The predicted molar refractivity (Wildman–Crippen MR) is 98.8 cm³/mol. The Labute approximate surface area is 146 Å². The van der Waals surface area contributed by atoms with Crippen molar-refractivity contribution in [3.8, 4) is 0 Å². The molecule has 0 aliphatic heterocycles. The van der Waals surface area contributed by atoms with Gasteiger partial charge in [0.2, 0.25) is 0 Å². The van der Waals surface area contributed by atoms with Crippen LogP contribution < -0.4 is 0 Å². The highest BCUT2D eigenvalue weighted by Crippen LogP contribution is 2.37. The Morgan fingerprint density at radius 1 is 1.21 bits per heavy atom. The molecule has 0 atom stereocenters. The summed E-state index contributed by atoms with van der Waals surface area (Å²) in [5, 5.41) is 0.118. The maximum absolute atomic E-state index is 13.2. The Hall–Kier alpha value is -1.46. The van der Waals surface area contributed by atoms with Crippen molar-refractivity contribution in [1.82, 2.24) is 0 Å². The minimum absolute atomic E-state index is 0.118. The average molecular weight is 353 g/mol. The lowest BCUT2D eigenvalue weighted by atomic mass is 10.0. The van der Waals surface area contributed by atoms with E-state index in [9.17, 15) is 9.18 Å². The number of hydrogen-bond acceptors (Lipinski definition) is 3. The van der Waals surface area contributed by atoms with E-state index in [0.29, 0.717) is 19.4 Å². The fourth-order valence-corrected chi connectivity index (χ4v) is 2.81. The van der Waals surface area contributed by atoms with Gasteiger partial charge in [0.05, 0.1) is 13.7 Å². The number of carbonyl (C=O) groups is 1. The number of ether oxygens (including phenoxy) is 1. The number of esters is 1. The molecule has 0 saturated carbocycles. The van der Waals surface area contributed by atoms with Gasteiger partial charge in [0.25, 0.3) is 0 Å². The summed E-state index contributed by atoms with van der Waals surface area (Å²) in [6.07, 6.45) is 2.87. The van der Waals surface area contributed by atoms with Gasteiger partial charge in [-0.3, -0.25) is 4.79 Å². The Bertz CT molecular complexity index is 571. The number of halogens is 1. The first-order valence-electron chi connectivity index (χ1n) is 8.22. The summed E-state index contributed by atoms with van der Waals surface area (Å²) in [7, 11) is -0.503. The molecule has 0 spiro atoms. The van der Waals surface area contributed by atoms with Crippen LogP contribution in [0.5, 0.6) is 0 Å². The molecule has 0 unspecified atom stereocenters. The lowest BCUT2D eigenvalue weighted by Gasteiger charge is -2.36. The third-order valence-corrected chi connectivity index (χ3v) is 9.05. The minimum atomic E-state index is -1.89. The van der Waals surface area contributed by atoms with Crippen molar-refractivity contribution < 1.29 is 18.3 Å². The Morgan fingerprint density at radius 3 is 2.29 bits per heavy atom. The highest BCUT2D eigenvalue weighted by atomic mass is 28.4. The molecule has 0 aromatic heterocycles. The molecule has 24 heavy (non-hydrogen) atoms. The quantitative estimate of drug-likeness (QED) is 0.501. The summed E-state index contributed by atoms with van der Waals surface area (Å²) in [6.45, 7) is 11.4. The fraction of sp³-hybridized carbons (Fsp3) is 0.526. The van der Waals surface area contributed by atoms with E-state index in [1.165, 1.54) is 19.2 Å².